The third-order valence-corrected chi connectivity index (χ3v) is 3.70. The van der Waals surface area contributed by atoms with E-state index in [0.717, 1.165) is 29.4 Å². The SMILES string of the molecule is Cc1ccc(-c2csc(CNCC(C)C)n2)cc1F. The summed E-state index contributed by atoms with van der Waals surface area (Å²) in [5, 5.41) is 6.38. The Morgan fingerprint density at radius 3 is 2.84 bits per heavy atom. The van der Waals surface area contributed by atoms with E-state index in [2.05, 4.69) is 24.1 Å². The molecule has 19 heavy (non-hydrogen) atoms. The Hall–Kier alpha value is -1.26. The molecule has 0 amide bonds. The average molecular weight is 278 g/mol. The lowest BCUT2D eigenvalue weighted by Gasteiger charge is -2.04. The highest BCUT2D eigenvalue weighted by atomic mass is 32.1. The van der Waals surface area contributed by atoms with Crippen LogP contribution in [0, 0.1) is 18.7 Å². The minimum atomic E-state index is -0.176. The van der Waals surface area contributed by atoms with Crippen molar-refractivity contribution in [1.29, 1.82) is 0 Å². The highest BCUT2D eigenvalue weighted by molar-refractivity contribution is 7.09. The predicted molar refractivity (Wildman–Crippen MR) is 78.8 cm³/mol. The molecule has 1 aromatic carbocycles. The van der Waals surface area contributed by atoms with Gasteiger partial charge in [0.1, 0.15) is 10.8 Å². The van der Waals surface area contributed by atoms with Crippen LogP contribution in [0.1, 0.15) is 24.4 Å². The quantitative estimate of drug-likeness (QED) is 0.894. The molecule has 0 aliphatic carbocycles. The van der Waals surface area contributed by atoms with Crippen LogP contribution in [0.15, 0.2) is 23.6 Å². The van der Waals surface area contributed by atoms with Crippen LogP contribution in [-0.4, -0.2) is 11.5 Å². The lowest BCUT2D eigenvalue weighted by molar-refractivity contribution is 0.551. The Balaban J connectivity index is 2.05. The highest BCUT2D eigenvalue weighted by Crippen LogP contribution is 2.23. The summed E-state index contributed by atoms with van der Waals surface area (Å²) in [7, 11) is 0. The van der Waals surface area contributed by atoms with Crippen molar-refractivity contribution in [2.75, 3.05) is 6.54 Å². The average Bonchev–Trinajstić information content (AvgIpc) is 2.81. The first-order valence-electron chi connectivity index (χ1n) is 6.48. The molecule has 102 valence electrons. The van der Waals surface area contributed by atoms with Crippen LogP contribution in [0.5, 0.6) is 0 Å². The van der Waals surface area contributed by atoms with Gasteiger partial charge >= 0.3 is 0 Å². The van der Waals surface area contributed by atoms with Gasteiger partial charge in [-0.05, 0) is 31.0 Å². The topological polar surface area (TPSA) is 24.9 Å². The second-order valence-corrected chi connectivity index (χ2v) is 6.06. The lowest BCUT2D eigenvalue weighted by Crippen LogP contribution is -2.18. The van der Waals surface area contributed by atoms with Crippen LogP contribution in [0.25, 0.3) is 11.3 Å². The normalized spacial score (nSPS) is 11.2. The van der Waals surface area contributed by atoms with Gasteiger partial charge in [0.05, 0.1) is 5.69 Å². The summed E-state index contributed by atoms with van der Waals surface area (Å²) < 4.78 is 13.5. The van der Waals surface area contributed by atoms with Gasteiger partial charge in [0.25, 0.3) is 0 Å². The monoisotopic (exact) mass is 278 g/mol. The molecular weight excluding hydrogens is 259 g/mol. The van der Waals surface area contributed by atoms with Gasteiger partial charge in [-0.15, -0.1) is 11.3 Å². The zero-order valence-corrected chi connectivity index (χ0v) is 12.4. The third kappa shape index (κ3) is 3.85. The molecule has 1 heterocycles. The molecule has 0 saturated heterocycles. The molecule has 1 N–H and O–H groups in total. The van der Waals surface area contributed by atoms with Gasteiger partial charge in [0.2, 0.25) is 0 Å². The summed E-state index contributed by atoms with van der Waals surface area (Å²) in [6.45, 7) is 7.87. The van der Waals surface area contributed by atoms with Gasteiger partial charge < -0.3 is 5.32 Å². The molecule has 2 rings (SSSR count). The number of nitrogens with one attached hydrogen (secondary N) is 1. The molecule has 0 unspecified atom stereocenters. The molecule has 0 aliphatic heterocycles. The van der Waals surface area contributed by atoms with Crippen LogP contribution in [0.3, 0.4) is 0 Å². The van der Waals surface area contributed by atoms with Crippen molar-refractivity contribution in [1.82, 2.24) is 10.3 Å². The first-order chi connectivity index (χ1) is 9.06. The number of thiazole rings is 1. The molecule has 0 aliphatic rings. The Bertz CT molecular complexity index is 549. The summed E-state index contributed by atoms with van der Waals surface area (Å²) in [5.74, 6) is 0.454. The van der Waals surface area contributed by atoms with E-state index in [-0.39, 0.29) is 5.82 Å². The number of hydrogen-bond acceptors (Lipinski definition) is 3. The van der Waals surface area contributed by atoms with E-state index in [4.69, 9.17) is 0 Å². The first kappa shape index (κ1) is 14.2. The Kier molecular flexibility index (Phi) is 4.66. The van der Waals surface area contributed by atoms with Gasteiger partial charge in [-0.25, -0.2) is 9.37 Å². The fourth-order valence-electron chi connectivity index (χ4n) is 1.74. The van der Waals surface area contributed by atoms with Crippen molar-refractivity contribution in [3.05, 3.63) is 40.0 Å². The second kappa shape index (κ2) is 6.26. The molecular formula is C15H19FN2S. The number of halogens is 1. The standard InChI is InChI=1S/C15H19FN2S/c1-10(2)7-17-8-15-18-14(9-19-15)12-5-4-11(3)13(16)6-12/h4-6,9-10,17H,7-8H2,1-3H3. The molecule has 0 radical (unpaired) electrons. The van der Waals surface area contributed by atoms with Gasteiger partial charge in [0, 0.05) is 17.5 Å². The van der Waals surface area contributed by atoms with E-state index in [9.17, 15) is 4.39 Å². The van der Waals surface area contributed by atoms with Crippen LogP contribution in [-0.2, 0) is 6.54 Å². The molecule has 2 nitrogen and oxygen atoms in total. The Morgan fingerprint density at radius 1 is 1.37 bits per heavy atom. The molecule has 0 saturated carbocycles. The van der Waals surface area contributed by atoms with Crippen molar-refractivity contribution in [2.45, 2.75) is 27.3 Å². The van der Waals surface area contributed by atoms with Gasteiger partial charge in [-0.2, -0.15) is 0 Å². The number of benzene rings is 1. The molecule has 0 fully saturated rings. The molecule has 0 spiro atoms. The highest BCUT2D eigenvalue weighted by Gasteiger charge is 2.07. The second-order valence-electron chi connectivity index (χ2n) is 5.12. The van der Waals surface area contributed by atoms with Crippen molar-refractivity contribution in [3.8, 4) is 11.3 Å². The van der Waals surface area contributed by atoms with Gasteiger partial charge in [-0.1, -0.05) is 26.0 Å². The van der Waals surface area contributed by atoms with Crippen molar-refractivity contribution in [3.63, 3.8) is 0 Å². The fourth-order valence-corrected chi connectivity index (χ4v) is 2.52. The van der Waals surface area contributed by atoms with Crippen molar-refractivity contribution < 1.29 is 4.39 Å². The predicted octanol–water partition coefficient (Wildman–Crippen LogP) is 4.00. The van der Waals surface area contributed by atoms with Gasteiger partial charge in [0.15, 0.2) is 0 Å². The number of rotatable bonds is 5. The Morgan fingerprint density at radius 2 is 2.16 bits per heavy atom. The maximum absolute atomic E-state index is 13.5. The zero-order chi connectivity index (χ0) is 13.8. The minimum absolute atomic E-state index is 0.176. The number of nitrogens with zero attached hydrogens (tertiary/aromatic N) is 1. The summed E-state index contributed by atoms with van der Waals surface area (Å²) in [5.41, 5.74) is 2.36. The van der Waals surface area contributed by atoms with Crippen LogP contribution in [0.4, 0.5) is 4.39 Å². The first-order valence-corrected chi connectivity index (χ1v) is 7.36. The maximum Gasteiger partial charge on any atom is 0.126 e. The van der Waals surface area contributed by atoms with E-state index in [1.54, 1.807) is 30.4 Å². The molecule has 0 bridgehead atoms. The largest absolute Gasteiger partial charge is 0.310 e. The van der Waals surface area contributed by atoms with E-state index in [1.165, 1.54) is 0 Å². The van der Waals surface area contributed by atoms with Crippen LogP contribution < -0.4 is 5.32 Å². The summed E-state index contributed by atoms with van der Waals surface area (Å²) in [6, 6.07) is 5.26. The van der Waals surface area contributed by atoms with E-state index in [0.29, 0.717) is 11.5 Å². The summed E-state index contributed by atoms with van der Waals surface area (Å²) >= 11 is 1.61. The van der Waals surface area contributed by atoms with Crippen LogP contribution in [0.2, 0.25) is 0 Å². The maximum atomic E-state index is 13.5. The van der Waals surface area contributed by atoms with Gasteiger partial charge in [-0.3, -0.25) is 0 Å². The Labute approximate surface area is 117 Å². The summed E-state index contributed by atoms with van der Waals surface area (Å²) in [6.07, 6.45) is 0. The smallest absolute Gasteiger partial charge is 0.126 e. The third-order valence-electron chi connectivity index (χ3n) is 2.85. The lowest BCUT2D eigenvalue weighted by atomic mass is 10.1. The molecule has 4 heteroatoms. The summed E-state index contributed by atoms with van der Waals surface area (Å²) in [4.78, 5) is 4.54. The molecule has 1 aromatic heterocycles. The fraction of sp³-hybridized carbons (Fsp3) is 0.400. The van der Waals surface area contributed by atoms with E-state index < -0.39 is 0 Å². The number of aryl methyl sites for hydroxylation is 1. The number of hydrogen-bond donors (Lipinski definition) is 1. The number of aromatic nitrogens is 1. The molecule has 0 atom stereocenters. The van der Waals surface area contributed by atoms with E-state index >= 15 is 0 Å². The minimum Gasteiger partial charge on any atom is -0.310 e. The van der Waals surface area contributed by atoms with Crippen molar-refractivity contribution >= 4 is 11.3 Å². The van der Waals surface area contributed by atoms with Crippen molar-refractivity contribution in [2.24, 2.45) is 5.92 Å². The van der Waals surface area contributed by atoms with Crippen LogP contribution >= 0.6 is 11.3 Å². The zero-order valence-electron chi connectivity index (χ0n) is 11.5. The van der Waals surface area contributed by atoms with E-state index in [1.807, 2.05) is 11.4 Å². The molecule has 2 aromatic rings.